The largest absolute Gasteiger partial charge is 0.357 e. The van der Waals surface area contributed by atoms with Gasteiger partial charge in [0, 0.05) is 31.6 Å². The Hall–Kier alpha value is -1.08. The van der Waals surface area contributed by atoms with Crippen molar-refractivity contribution >= 4 is 39.1 Å². The Balaban J connectivity index is 2.69. The third kappa shape index (κ3) is 5.96. The highest BCUT2D eigenvalue weighted by atomic mass is 79.9. The van der Waals surface area contributed by atoms with Crippen LogP contribution in [-0.4, -0.2) is 54.9 Å². The average Bonchev–Trinajstić information content (AvgIpc) is 2.90. The number of guanidine groups is 1. The predicted molar refractivity (Wildman–Crippen MR) is 97.4 cm³/mol. The van der Waals surface area contributed by atoms with Gasteiger partial charge in [-0.05, 0) is 48.8 Å². The maximum Gasteiger partial charge on any atom is 0.242 e. The van der Waals surface area contributed by atoms with Crippen molar-refractivity contribution in [3.8, 4) is 0 Å². The van der Waals surface area contributed by atoms with E-state index >= 15 is 0 Å². The summed E-state index contributed by atoms with van der Waals surface area (Å²) in [5.74, 6) is 0.879. The molecule has 0 radical (unpaired) electrons. The van der Waals surface area contributed by atoms with Crippen molar-refractivity contribution in [2.75, 3.05) is 33.2 Å². The molecule has 0 saturated heterocycles. The second kappa shape index (κ2) is 9.84. The topological polar surface area (TPSA) is 47.9 Å². The highest BCUT2D eigenvalue weighted by Gasteiger charge is 2.15. The highest BCUT2D eigenvalue weighted by Crippen LogP contribution is 2.22. The van der Waals surface area contributed by atoms with E-state index < -0.39 is 0 Å². The van der Waals surface area contributed by atoms with E-state index in [9.17, 15) is 4.79 Å². The molecule has 22 heavy (non-hydrogen) atoms. The number of likely N-dealkylation sites (N-methyl/N-ethyl adjacent to an activating group) is 2. The molecule has 0 fully saturated rings. The molecule has 0 saturated carbocycles. The minimum absolute atomic E-state index is 0.122. The summed E-state index contributed by atoms with van der Waals surface area (Å²) >= 11 is 5.13. The maximum absolute atomic E-state index is 12.2. The van der Waals surface area contributed by atoms with Crippen molar-refractivity contribution in [2.45, 2.75) is 27.3 Å². The highest BCUT2D eigenvalue weighted by molar-refractivity contribution is 9.11. The van der Waals surface area contributed by atoms with Gasteiger partial charge in [-0.2, -0.15) is 0 Å². The molecule has 124 valence electrons. The van der Waals surface area contributed by atoms with E-state index in [0.717, 1.165) is 29.4 Å². The molecule has 1 N–H and O–H groups in total. The molecular weight excluding hydrogens is 364 g/mol. The van der Waals surface area contributed by atoms with Crippen molar-refractivity contribution in [2.24, 2.45) is 4.99 Å². The Morgan fingerprint density at radius 2 is 2.00 bits per heavy atom. The summed E-state index contributed by atoms with van der Waals surface area (Å²) in [6.07, 6.45) is 0. The number of nitrogens with zero attached hydrogens (tertiary/aromatic N) is 3. The normalized spacial score (nSPS) is 11.4. The molecule has 0 aliphatic carbocycles. The van der Waals surface area contributed by atoms with Gasteiger partial charge in [-0.15, -0.1) is 11.3 Å². The quantitative estimate of drug-likeness (QED) is 0.576. The average molecular weight is 389 g/mol. The number of hydrogen-bond acceptors (Lipinski definition) is 3. The van der Waals surface area contributed by atoms with Gasteiger partial charge < -0.3 is 15.1 Å². The Morgan fingerprint density at radius 1 is 1.32 bits per heavy atom. The molecule has 1 aromatic heterocycles. The number of hydrogen-bond donors (Lipinski definition) is 1. The number of carbonyl (C=O) groups is 1. The van der Waals surface area contributed by atoms with Crippen LogP contribution < -0.4 is 5.32 Å². The molecule has 0 spiro atoms. The zero-order chi connectivity index (χ0) is 16.5. The summed E-state index contributed by atoms with van der Waals surface area (Å²) in [6, 6.07) is 4.08. The molecule has 0 aromatic carbocycles. The van der Waals surface area contributed by atoms with E-state index in [1.54, 1.807) is 11.3 Å². The van der Waals surface area contributed by atoms with Crippen LogP contribution in [-0.2, 0) is 11.3 Å². The molecule has 0 aliphatic heterocycles. The van der Waals surface area contributed by atoms with E-state index in [1.165, 1.54) is 4.88 Å². The number of rotatable bonds is 7. The summed E-state index contributed by atoms with van der Waals surface area (Å²) in [5.41, 5.74) is 0. The zero-order valence-electron chi connectivity index (χ0n) is 13.7. The molecule has 0 aliphatic rings. The lowest BCUT2D eigenvalue weighted by atomic mass is 10.4. The van der Waals surface area contributed by atoms with E-state index in [-0.39, 0.29) is 5.91 Å². The fourth-order valence-electron chi connectivity index (χ4n) is 2.01. The minimum atomic E-state index is 0.122. The third-order valence-corrected chi connectivity index (χ3v) is 4.81. The van der Waals surface area contributed by atoms with Crippen LogP contribution in [0.2, 0.25) is 0 Å². The van der Waals surface area contributed by atoms with Crippen LogP contribution in [0, 0.1) is 0 Å². The lowest BCUT2D eigenvalue weighted by Gasteiger charge is -2.25. The molecule has 1 amide bonds. The number of thiophene rings is 1. The van der Waals surface area contributed by atoms with Crippen molar-refractivity contribution in [1.82, 2.24) is 15.1 Å². The summed E-state index contributed by atoms with van der Waals surface area (Å²) in [5, 5.41) is 3.24. The van der Waals surface area contributed by atoms with Crippen LogP contribution in [0.15, 0.2) is 20.9 Å². The van der Waals surface area contributed by atoms with Gasteiger partial charge in [-0.3, -0.25) is 4.79 Å². The Morgan fingerprint density at radius 3 is 2.50 bits per heavy atom. The van der Waals surface area contributed by atoms with Gasteiger partial charge in [0.15, 0.2) is 5.96 Å². The lowest BCUT2D eigenvalue weighted by molar-refractivity contribution is -0.131. The number of amides is 1. The van der Waals surface area contributed by atoms with Crippen LogP contribution in [0.3, 0.4) is 0 Å². The fourth-order valence-corrected chi connectivity index (χ4v) is 3.42. The van der Waals surface area contributed by atoms with Crippen LogP contribution in [0.4, 0.5) is 0 Å². The van der Waals surface area contributed by atoms with Crippen LogP contribution in [0.25, 0.3) is 0 Å². The molecule has 7 heteroatoms. The van der Waals surface area contributed by atoms with Crippen molar-refractivity contribution in [3.05, 3.63) is 20.8 Å². The van der Waals surface area contributed by atoms with E-state index in [0.29, 0.717) is 13.1 Å². The number of carbonyl (C=O) groups excluding carboxylic acids is 1. The lowest BCUT2D eigenvalue weighted by Crippen LogP contribution is -2.45. The van der Waals surface area contributed by atoms with Gasteiger partial charge in [-0.25, -0.2) is 4.99 Å². The van der Waals surface area contributed by atoms with Gasteiger partial charge in [0.1, 0.15) is 0 Å². The first kappa shape index (κ1) is 19.0. The van der Waals surface area contributed by atoms with Crippen molar-refractivity contribution < 1.29 is 4.79 Å². The molecule has 0 atom stereocenters. The first-order valence-electron chi connectivity index (χ1n) is 7.53. The molecule has 1 heterocycles. The molecule has 1 aromatic rings. The minimum Gasteiger partial charge on any atom is -0.357 e. The summed E-state index contributed by atoms with van der Waals surface area (Å²) in [7, 11) is 1.90. The number of halogens is 1. The first-order chi connectivity index (χ1) is 10.5. The molecule has 1 rings (SSSR count). The van der Waals surface area contributed by atoms with Gasteiger partial charge in [0.25, 0.3) is 0 Å². The molecule has 5 nitrogen and oxygen atoms in total. The fraction of sp³-hybridized carbons (Fsp3) is 0.600. The van der Waals surface area contributed by atoms with Crippen LogP contribution in [0.1, 0.15) is 25.6 Å². The van der Waals surface area contributed by atoms with Crippen LogP contribution >= 0.6 is 27.3 Å². The number of nitrogens with one attached hydrogen (secondary N) is 1. The van der Waals surface area contributed by atoms with Crippen molar-refractivity contribution in [1.29, 1.82) is 0 Å². The Bertz CT molecular complexity index is 499. The maximum atomic E-state index is 12.2. The first-order valence-corrected chi connectivity index (χ1v) is 9.14. The van der Waals surface area contributed by atoms with Gasteiger partial charge in [-0.1, -0.05) is 0 Å². The number of aliphatic imine (C=N–C) groups is 1. The smallest absolute Gasteiger partial charge is 0.242 e. The molecular formula is C15H25BrN4OS. The van der Waals surface area contributed by atoms with E-state index in [4.69, 9.17) is 0 Å². The van der Waals surface area contributed by atoms with Gasteiger partial charge >= 0.3 is 0 Å². The SMILES string of the molecule is CCNC(=NCc1ccc(Br)s1)N(C)CC(=O)N(CC)CC. The van der Waals surface area contributed by atoms with E-state index in [2.05, 4.69) is 32.3 Å². The third-order valence-electron chi connectivity index (χ3n) is 3.20. The molecule has 0 unspecified atom stereocenters. The Labute approximate surface area is 145 Å². The second-order valence-electron chi connectivity index (χ2n) is 4.80. The zero-order valence-corrected chi connectivity index (χ0v) is 16.1. The summed E-state index contributed by atoms with van der Waals surface area (Å²) in [4.78, 5) is 21.7. The summed E-state index contributed by atoms with van der Waals surface area (Å²) in [6.45, 7) is 9.21. The van der Waals surface area contributed by atoms with Crippen LogP contribution in [0.5, 0.6) is 0 Å². The standard InChI is InChI=1S/C15H25BrN4OS/c1-5-17-15(18-10-12-8-9-13(16)22-12)19(4)11-14(21)20(6-2)7-3/h8-9H,5-7,10-11H2,1-4H3,(H,17,18). The van der Waals surface area contributed by atoms with Gasteiger partial charge in [0.05, 0.1) is 16.9 Å². The van der Waals surface area contributed by atoms with E-state index in [1.807, 2.05) is 43.7 Å². The second-order valence-corrected chi connectivity index (χ2v) is 7.35. The summed E-state index contributed by atoms with van der Waals surface area (Å²) < 4.78 is 1.10. The monoisotopic (exact) mass is 388 g/mol. The molecule has 0 bridgehead atoms. The Kier molecular flexibility index (Phi) is 8.48. The van der Waals surface area contributed by atoms with Gasteiger partial charge in [0.2, 0.25) is 5.91 Å². The predicted octanol–water partition coefficient (Wildman–Crippen LogP) is 2.78. The van der Waals surface area contributed by atoms with Crippen molar-refractivity contribution in [3.63, 3.8) is 0 Å².